The summed E-state index contributed by atoms with van der Waals surface area (Å²) in [7, 11) is 2.00. The number of nitrogens with one attached hydrogen (secondary N) is 1. The summed E-state index contributed by atoms with van der Waals surface area (Å²) in [6.07, 6.45) is 1.84. The normalized spacial score (nSPS) is 12.4. The fourth-order valence-corrected chi connectivity index (χ4v) is 2.43. The summed E-state index contributed by atoms with van der Waals surface area (Å²) < 4.78 is 0. The van der Waals surface area contributed by atoms with Gasteiger partial charge < -0.3 is 5.32 Å². The number of hydrogen-bond donors (Lipinski definition) is 1. The Morgan fingerprint density at radius 2 is 1.83 bits per heavy atom. The molecule has 1 aromatic carbocycles. The number of nitrogens with zero attached hydrogens (tertiary/aromatic N) is 1. The van der Waals surface area contributed by atoms with Crippen molar-refractivity contribution in [1.29, 1.82) is 0 Å². The van der Waals surface area contributed by atoms with Gasteiger partial charge >= 0.3 is 0 Å². The molecule has 0 aliphatic carbocycles. The maximum atomic E-state index is 4.38. The van der Waals surface area contributed by atoms with E-state index in [1.807, 2.05) is 19.3 Å². The SMILES string of the molecule is CNC(c1ccc(C)cc1C)c1cccnc1C. The highest BCUT2D eigenvalue weighted by Gasteiger charge is 2.16. The predicted octanol–water partition coefficient (Wildman–Crippen LogP) is 3.32. The highest BCUT2D eigenvalue weighted by Crippen LogP contribution is 2.26. The van der Waals surface area contributed by atoms with Crippen molar-refractivity contribution in [2.75, 3.05) is 7.05 Å². The van der Waals surface area contributed by atoms with E-state index in [4.69, 9.17) is 0 Å². The summed E-state index contributed by atoms with van der Waals surface area (Å²) in [6.45, 7) is 6.35. The summed E-state index contributed by atoms with van der Waals surface area (Å²) in [5.41, 5.74) is 6.26. The van der Waals surface area contributed by atoms with Crippen molar-refractivity contribution in [2.45, 2.75) is 26.8 Å². The first-order valence-electron chi connectivity index (χ1n) is 6.29. The highest BCUT2D eigenvalue weighted by molar-refractivity contribution is 5.39. The third-order valence-electron chi connectivity index (χ3n) is 3.38. The second-order valence-corrected chi connectivity index (χ2v) is 4.76. The second-order valence-electron chi connectivity index (χ2n) is 4.76. The number of pyridine rings is 1. The van der Waals surface area contributed by atoms with Gasteiger partial charge in [0.1, 0.15) is 0 Å². The Hall–Kier alpha value is -1.67. The van der Waals surface area contributed by atoms with Gasteiger partial charge in [0.05, 0.1) is 6.04 Å². The van der Waals surface area contributed by atoms with Gasteiger partial charge in [0, 0.05) is 11.9 Å². The van der Waals surface area contributed by atoms with Crippen molar-refractivity contribution in [1.82, 2.24) is 10.3 Å². The quantitative estimate of drug-likeness (QED) is 0.890. The summed E-state index contributed by atoms with van der Waals surface area (Å²) in [5.74, 6) is 0. The minimum atomic E-state index is 0.208. The Kier molecular flexibility index (Phi) is 3.78. The van der Waals surface area contributed by atoms with Crippen molar-refractivity contribution in [3.63, 3.8) is 0 Å². The minimum absolute atomic E-state index is 0.208. The second kappa shape index (κ2) is 5.32. The Morgan fingerprint density at radius 3 is 2.44 bits per heavy atom. The molecular formula is C16H20N2. The van der Waals surface area contributed by atoms with Crippen LogP contribution >= 0.6 is 0 Å². The third kappa shape index (κ3) is 2.44. The fourth-order valence-electron chi connectivity index (χ4n) is 2.43. The lowest BCUT2D eigenvalue weighted by atomic mass is 9.93. The van der Waals surface area contributed by atoms with Crippen molar-refractivity contribution in [3.8, 4) is 0 Å². The molecule has 1 N–H and O–H groups in total. The van der Waals surface area contributed by atoms with E-state index in [0.29, 0.717) is 0 Å². The molecule has 1 atom stereocenters. The monoisotopic (exact) mass is 240 g/mol. The van der Waals surface area contributed by atoms with Gasteiger partial charge in [-0.25, -0.2) is 0 Å². The van der Waals surface area contributed by atoms with E-state index in [2.05, 4.69) is 55.3 Å². The lowest BCUT2D eigenvalue weighted by molar-refractivity contribution is 0.679. The molecule has 18 heavy (non-hydrogen) atoms. The van der Waals surface area contributed by atoms with Gasteiger partial charge in [-0.2, -0.15) is 0 Å². The van der Waals surface area contributed by atoms with Crippen LogP contribution in [0.4, 0.5) is 0 Å². The van der Waals surface area contributed by atoms with Crippen molar-refractivity contribution in [2.24, 2.45) is 0 Å². The van der Waals surface area contributed by atoms with Gasteiger partial charge in [0.25, 0.3) is 0 Å². The van der Waals surface area contributed by atoms with Crippen LogP contribution in [0.5, 0.6) is 0 Å². The summed E-state index contributed by atoms with van der Waals surface area (Å²) in [6, 6.07) is 10.9. The Balaban J connectivity index is 2.49. The van der Waals surface area contributed by atoms with Crippen LogP contribution in [0.15, 0.2) is 36.5 Å². The molecule has 0 fully saturated rings. The molecule has 2 aromatic rings. The van der Waals surface area contributed by atoms with Gasteiger partial charge in [-0.3, -0.25) is 4.98 Å². The zero-order valence-corrected chi connectivity index (χ0v) is 11.5. The molecule has 0 saturated heterocycles. The first-order valence-corrected chi connectivity index (χ1v) is 6.29. The van der Waals surface area contributed by atoms with Crippen molar-refractivity contribution in [3.05, 3.63) is 64.5 Å². The standard InChI is InChI=1S/C16H20N2/c1-11-7-8-14(12(2)10-11)16(17-4)15-6-5-9-18-13(15)3/h5-10,16-17H,1-4H3. The van der Waals surface area contributed by atoms with Crippen LogP contribution in [0.1, 0.15) is 34.0 Å². The summed E-state index contributed by atoms with van der Waals surface area (Å²) >= 11 is 0. The molecular weight excluding hydrogens is 220 g/mol. The third-order valence-corrected chi connectivity index (χ3v) is 3.38. The van der Waals surface area contributed by atoms with E-state index in [1.165, 1.54) is 22.3 Å². The maximum Gasteiger partial charge on any atom is 0.0594 e. The molecule has 1 aromatic heterocycles. The van der Waals surface area contributed by atoms with Crippen molar-refractivity contribution >= 4 is 0 Å². The van der Waals surface area contributed by atoms with Crippen LogP contribution in [0, 0.1) is 20.8 Å². The van der Waals surface area contributed by atoms with Crippen LogP contribution in [0.3, 0.4) is 0 Å². The van der Waals surface area contributed by atoms with Gasteiger partial charge in [-0.05, 0) is 50.6 Å². The largest absolute Gasteiger partial charge is 0.309 e. The van der Waals surface area contributed by atoms with E-state index >= 15 is 0 Å². The highest BCUT2D eigenvalue weighted by atomic mass is 14.9. The first kappa shape index (κ1) is 12.8. The van der Waals surface area contributed by atoms with Crippen LogP contribution in [0.2, 0.25) is 0 Å². The topological polar surface area (TPSA) is 24.9 Å². The van der Waals surface area contributed by atoms with Gasteiger partial charge in [0.15, 0.2) is 0 Å². The fraction of sp³-hybridized carbons (Fsp3) is 0.312. The number of aromatic nitrogens is 1. The number of rotatable bonds is 3. The average Bonchev–Trinajstić information content (AvgIpc) is 2.34. The van der Waals surface area contributed by atoms with E-state index in [9.17, 15) is 0 Å². The van der Waals surface area contributed by atoms with E-state index < -0.39 is 0 Å². The Morgan fingerprint density at radius 1 is 1.06 bits per heavy atom. The van der Waals surface area contributed by atoms with Gasteiger partial charge in [-0.1, -0.05) is 29.8 Å². The maximum absolute atomic E-state index is 4.38. The molecule has 0 spiro atoms. The minimum Gasteiger partial charge on any atom is -0.309 e. The van der Waals surface area contributed by atoms with Crippen LogP contribution in [-0.4, -0.2) is 12.0 Å². The van der Waals surface area contributed by atoms with Crippen LogP contribution < -0.4 is 5.32 Å². The molecule has 2 heteroatoms. The van der Waals surface area contributed by atoms with E-state index in [-0.39, 0.29) is 6.04 Å². The molecule has 94 valence electrons. The number of aryl methyl sites for hydroxylation is 3. The molecule has 0 saturated carbocycles. The molecule has 0 amide bonds. The predicted molar refractivity (Wildman–Crippen MR) is 75.8 cm³/mol. The lowest BCUT2D eigenvalue weighted by Crippen LogP contribution is -2.20. The van der Waals surface area contributed by atoms with E-state index in [1.54, 1.807) is 0 Å². The molecule has 1 unspecified atom stereocenters. The van der Waals surface area contributed by atoms with Crippen LogP contribution in [0.25, 0.3) is 0 Å². The molecule has 2 rings (SSSR count). The van der Waals surface area contributed by atoms with Gasteiger partial charge in [0.2, 0.25) is 0 Å². The van der Waals surface area contributed by atoms with Crippen LogP contribution in [-0.2, 0) is 0 Å². The zero-order valence-electron chi connectivity index (χ0n) is 11.5. The zero-order chi connectivity index (χ0) is 13.1. The summed E-state index contributed by atoms with van der Waals surface area (Å²) in [4.78, 5) is 4.38. The molecule has 0 radical (unpaired) electrons. The summed E-state index contributed by atoms with van der Waals surface area (Å²) in [5, 5.41) is 3.40. The number of benzene rings is 1. The Bertz CT molecular complexity index is 547. The lowest BCUT2D eigenvalue weighted by Gasteiger charge is -2.21. The van der Waals surface area contributed by atoms with Gasteiger partial charge in [-0.15, -0.1) is 0 Å². The van der Waals surface area contributed by atoms with E-state index in [0.717, 1.165) is 5.69 Å². The smallest absolute Gasteiger partial charge is 0.0594 e. The molecule has 0 bridgehead atoms. The molecule has 0 aliphatic heterocycles. The Labute approximate surface area is 109 Å². The average molecular weight is 240 g/mol. The molecule has 2 nitrogen and oxygen atoms in total. The molecule has 0 aliphatic rings. The molecule has 1 heterocycles. The van der Waals surface area contributed by atoms with Crippen molar-refractivity contribution < 1.29 is 0 Å². The first-order chi connectivity index (χ1) is 8.63. The number of hydrogen-bond acceptors (Lipinski definition) is 2.